The number of ether oxygens (including phenoxy) is 1. The highest BCUT2D eigenvalue weighted by molar-refractivity contribution is 7.98. The van der Waals surface area contributed by atoms with Crippen molar-refractivity contribution in [1.82, 2.24) is 9.88 Å². The van der Waals surface area contributed by atoms with Crippen LogP contribution in [0.3, 0.4) is 0 Å². The Labute approximate surface area is 203 Å². The number of carbonyl (C=O) groups is 1. The van der Waals surface area contributed by atoms with Crippen molar-refractivity contribution >= 4 is 17.9 Å². The molecule has 4 nitrogen and oxygen atoms in total. The summed E-state index contributed by atoms with van der Waals surface area (Å²) >= 11 is 1.78. The number of carbonyl (C=O) groups excluding carboxylic acids is 1. The first kappa shape index (κ1) is 24.1. The van der Waals surface area contributed by atoms with Crippen LogP contribution in [0.1, 0.15) is 82.5 Å². The maximum absolute atomic E-state index is 13.1. The second-order valence-corrected chi connectivity index (χ2v) is 11.6. The Bertz CT molecular complexity index is 919. The molecule has 2 aliphatic rings. The van der Waals surface area contributed by atoms with Gasteiger partial charge in [0.05, 0.1) is 11.6 Å². The molecule has 1 aliphatic carbocycles. The van der Waals surface area contributed by atoms with Gasteiger partial charge in [-0.3, -0.25) is 0 Å². The standard InChI is InChI=1S/C28H38N2O2S/c1-28(2,3)32-27(31)30-19-23-15-17-26(33-20-22-12-8-5-9-13-22)29-25(23)18-24(30)16-14-21-10-6-4-7-11-21/h5,8-9,12-13,15,17,21,24H,4,6-7,10-11,14,16,18-20H2,1-3H3. The number of aromatic nitrogens is 1. The zero-order valence-corrected chi connectivity index (χ0v) is 21.2. The van der Waals surface area contributed by atoms with Crippen LogP contribution in [0.25, 0.3) is 0 Å². The molecule has 4 rings (SSSR count). The minimum absolute atomic E-state index is 0.163. The lowest BCUT2D eigenvalue weighted by molar-refractivity contribution is 0.00987. The zero-order chi connectivity index (χ0) is 23.3. The number of benzene rings is 1. The van der Waals surface area contributed by atoms with Crippen molar-refractivity contribution < 1.29 is 9.53 Å². The highest BCUT2D eigenvalue weighted by Crippen LogP contribution is 2.33. The maximum Gasteiger partial charge on any atom is 0.410 e. The lowest BCUT2D eigenvalue weighted by Gasteiger charge is -2.38. The van der Waals surface area contributed by atoms with E-state index in [1.165, 1.54) is 44.1 Å². The quantitative estimate of drug-likeness (QED) is 0.416. The van der Waals surface area contributed by atoms with E-state index in [4.69, 9.17) is 9.72 Å². The second kappa shape index (κ2) is 10.9. The largest absolute Gasteiger partial charge is 0.444 e. The van der Waals surface area contributed by atoms with E-state index in [0.717, 1.165) is 40.8 Å². The Hall–Kier alpha value is -2.01. The summed E-state index contributed by atoms with van der Waals surface area (Å²) in [4.78, 5) is 20.1. The number of nitrogens with zero attached hydrogens (tertiary/aromatic N) is 2. The minimum atomic E-state index is -0.485. The predicted molar refractivity (Wildman–Crippen MR) is 135 cm³/mol. The zero-order valence-electron chi connectivity index (χ0n) is 20.4. The lowest BCUT2D eigenvalue weighted by atomic mass is 9.84. The van der Waals surface area contributed by atoms with Gasteiger partial charge in [0.15, 0.2) is 0 Å². The molecule has 178 valence electrons. The van der Waals surface area contributed by atoms with Crippen LogP contribution in [0.4, 0.5) is 4.79 Å². The van der Waals surface area contributed by atoms with E-state index in [2.05, 4.69) is 42.5 Å². The lowest BCUT2D eigenvalue weighted by Crippen LogP contribution is -2.47. The fourth-order valence-electron chi connectivity index (χ4n) is 4.98. The highest BCUT2D eigenvalue weighted by atomic mass is 32.2. The van der Waals surface area contributed by atoms with Crippen LogP contribution in [0.5, 0.6) is 0 Å². The fraction of sp³-hybridized carbons (Fsp3) is 0.571. The van der Waals surface area contributed by atoms with Crippen molar-refractivity contribution in [3.63, 3.8) is 0 Å². The molecule has 0 bridgehead atoms. The van der Waals surface area contributed by atoms with Crippen LogP contribution >= 0.6 is 11.8 Å². The number of amides is 1. The van der Waals surface area contributed by atoms with E-state index in [9.17, 15) is 4.79 Å². The van der Waals surface area contributed by atoms with E-state index >= 15 is 0 Å². The minimum Gasteiger partial charge on any atom is -0.444 e. The SMILES string of the molecule is CC(C)(C)OC(=O)N1Cc2ccc(SCc3ccccc3)nc2CC1CCC1CCCCC1. The van der Waals surface area contributed by atoms with Gasteiger partial charge in [0, 0.05) is 23.9 Å². The Balaban J connectivity index is 1.47. The molecule has 0 N–H and O–H groups in total. The molecule has 1 atom stereocenters. The number of rotatable bonds is 6. The monoisotopic (exact) mass is 466 g/mol. The topological polar surface area (TPSA) is 42.4 Å². The molecule has 1 aliphatic heterocycles. The first-order valence-electron chi connectivity index (χ1n) is 12.5. The Morgan fingerprint density at radius 2 is 1.82 bits per heavy atom. The van der Waals surface area contributed by atoms with E-state index in [-0.39, 0.29) is 12.1 Å². The van der Waals surface area contributed by atoms with Crippen molar-refractivity contribution in [2.75, 3.05) is 0 Å². The molecule has 1 aromatic carbocycles. The number of hydrogen-bond acceptors (Lipinski definition) is 4. The second-order valence-electron chi connectivity index (χ2n) is 10.6. The van der Waals surface area contributed by atoms with Gasteiger partial charge in [-0.25, -0.2) is 9.78 Å². The molecule has 1 aromatic heterocycles. The third-order valence-electron chi connectivity index (χ3n) is 6.74. The molecule has 0 saturated heterocycles. The van der Waals surface area contributed by atoms with Crippen molar-refractivity contribution in [3.05, 3.63) is 59.3 Å². The van der Waals surface area contributed by atoms with Crippen LogP contribution in [-0.4, -0.2) is 27.6 Å². The first-order valence-corrected chi connectivity index (χ1v) is 13.5. The molecule has 2 heterocycles. The van der Waals surface area contributed by atoms with E-state index < -0.39 is 5.60 Å². The van der Waals surface area contributed by atoms with Gasteiger partial charge in [-0.1, -0.05) is 68.5 Å². The molecule has 0 spiro atoms. The van der Waals surface area contributed by atoms with Crippen LogP contribution in [0.15, 0.2) is 47.5 Å². The summed E-state index contributed by atoms with van der Waals surface area (Å²) < 4.78 is 5.79. The summed E-state index contributed by atoms with van der Waals surface area (Å²) in [5.74, 6) is 1.73. The third-order valence-corrected chi connectivity index (χ3v) is 7.74. The predicted octanol–water partition coefficient (Wildman–Crippen LogP) is 7.40. The average molecular weight is 467 g/mol. The molecule has 1 amide bonds. The van der Waals surface area contributed by atoms with Gasteiger partial charge in [-0.2, -0.15) is 0 Å². The molecular formula is C28H38N2O2S. The van der Waals surface area contributed by atoms with E-state index in [1.807, 2.05) is 25.7 Å². The number of fused-ring (bicyclic) bond motifs is 1. The Morgan fingerprint density at radius 3 is 2.55 bits per heavy atom. The number of pyridine rings is 1. The van der Waals surface area contributed by atoms with Gasteiger partial charge in [0.25, 0.3) is 0 Å². The molecule has 33 heavy (non-hydrogen) atoms. The van der Waals surface area contributed by atoms with Gasteiger partial charge in [-0.05, 0) is 56.7 Å². The molecule has 1 unspecified atom stereocenters. The maximum atomic E-state index is 13.1. The fourth-order valence-corrected chi connectivity index (χ4v) is 5.83. The molecule has 1 saturated carbocycles. The highest BCUT2D eigenvalue weighted by Gasteiger charge is 2.34. The number of thioether (sulfide) groups is 1. The molecule has 0 radical (unpaired) electrons. The van der Waals surface area contributed by atoms with Crippen molar-refractivity contribution in [2.45, 2.75) is 101 Å². The van der Waals surface area contributed by atoms with Gasteiger partial charge < -0.3 is 9.64 Å². The molecule has 1 fully saturated rings. The summed E-state index contributed by atoms with van der Waals surface area (Å²) in [6.07, 6.45) is 9.64. The molecular weight excluding hydrogens is 428 g/mol. The summed E-state index contributed by atoms with van der Waals surface area (Å²) in [5, 5.41) is 1.06. The van der Waals surface area contributed by atoms with Gasteiger partial charge in [0.2, 0.25) is 0 Å². The summed E-state index contributed by atoms with van der Waals surface area (Å²) in [6.45, 7) is 6.42. The third kappa shape index (κ3) is 6.99. The van der Waals surface area contributed by atoms with Crippen molar-refractivity contribution in [1.29, 1.82) is 0 Å². The summed E-state index contributed by atoms with van der Waals surface area (Å²) in [7, 11) is 0. The van der Waals surface area contributed by atoms with Crippen LogP contribution in [0, 0.1) is 5.92 Å². The van der Waals surface area contributed by atoms with Gasteiger partial charge in [-0.15, -0.1) is 11.8 Å². The normalized spacial score (nSPS) is 19.2. The van der Waals surface area contributed by atoms with E-state index in [0.29, 0.717) is 6.54 Å². The van der Waals surface area contributed by atoms with E-state index in [1.54, 1.807) is 11.8 Å². The van der Waals surface area contributed by atoms with Crippen LogP contribution < -0.4 is 0 Å². The van der Waals surface area contributed by atoms with Crippen molar-refractivity contribution in [3.8, 4) is 0 Å². The van der Waals surface area contributed by atoms with Crippen molar-refractivity contribution in [2.24, 2.45) is 5.92 Å². The van der Waals surface area contributed by atoms with Crippen LogP contribution in [0.2, 0.25) is 0 Å². The van der Waals surface area contributed by atoms with Gasteiger partial charge in [0.1, 0.15) is 5.60 Å². The summed E-state index contributed by atoms with van der Waals surface area (Å²) in [6, 6.07) is 14.9. The average Bonchev–Trinajstić information content (AvgIpc) is 2.81. The van der Waals surface area contributed by atoms with Gasteiger partial charge >= 0.3 is 6.09 Å². The first-order chi connectivity index (χ1) is 15.9. The van der Waals surface area contributed by atoms with Crippen LogP contribution in [-0.2, 0) is 23.5 Å². The summed E-state index contributed by atoms with van der Waals surface area (Å²) in [5.41, 5.74) is 3.13. The smallest absolute Gasteiger partial charge is 0.410 e. The molecule has 5 heteroatoms. The Morgan fingerprint density at radius 1 is 1.06 bits per heavy atom. The number of hydrogen-bond donors (Lipinski definition) is 0. The Kier molecular flexibility index (Phi) is 8.00. The molecule has 2 aromatic rings.